The Morgan fingerprint density at radius 1 is 1.21 bits per heavy atom. The minimum Gasteiger partial charge on any atom is -0.346 e. The summed E-state index contributed by atoms with van der Waals surface area (Å²) >= 11 is 0. The Balaban J connectivity index is 2.17. The highest BCUT2D eigenvalue weighted by Gasteiger charge is 2.37. The highest BCUT2D eigenvalue weighted by molar-refractivity contribution is 7.89. The molecule has 1 aliphatic rings. The van der Waals surface area contributed by atoms with Crippen molar-refractivity contribution in [1.82, 2.24) is 14.1 Å². The van der Waals surface area contributed by atoms with Crippen LogP contribution >= 0.6 is 0 Å². The maximum Gasteiger partial charge on any atom is 0.243 e. The zero-order valence-corrected chi connectivity index (χ0v) is 15.7. The first-order chi connectivity index (χ1) is 11.2. The molecule has 0 unspecified atom stereocenters. The predicted molar refractivity (Wildman–Crippen MR) is 94.1 cm³/mol. The van der Waals surface area contributed by atoms with E-state index in [0.717, 1.165) is 6.42 Å². The molecular weight excluding hydrogens is 326 g/mol. The molecule has 1 aromatic rings. The molecule has 0 saturated carbocycles. The summed E-state index contributed by atoms with van der Waals surface area (Å²) in [5.41, 5.74) is 0. The first kappa shape index (κ1) is 18.9. The highest BCUT2D eigenvalue weighted by atomic mass is 32.2. The van der Waals surface area contributed by atoms with Crippen molar-refractivity contribution in [3.63, 3.8) is 0 Å². The Morgan fingerprint density at radius 3 is 2.38 bits per heavy atom. The molecule has 0 radical (unpaired) electrons. The van der Waals surface area contributed by atoms with Crippen LogP contribution in [0.3, 0.4) is 0 Å². The van der Waals surface area contributed by atoms with Crippen LogP contribution in [0.5, 0.6) is 0 Å². The van der Waals surface area contributed by atoms with Gasteiger partial charge in [0.2, 0.25) is 15.9 Å². The molecule has 2 rings (SSSR count). The Hall–Kier alpha value is -1.44. The third-order valence-electron chi connectivity index (χ3n) is 4.77. The smallest absolute Gasteiger partial charge is 0.243 e. The lowest BCUT2D eigenvalue weighted by Crippen LogP contribution is -2.54. The second-order valence-corrected chi connectivity index (χ2v) is 8.59. The van der Waals surface area contributed by atoms with E-state index in [-0.39, 0.29) is 17.9 Å². The Morgan fingerprint density at radius 2 is 1.83 bits per heavy atom. The maximum atomic E-state index is 12.8. The lowest BCUT2D eigenvalue weighted by atomic mass is 9.91. The number of carbonyl (C=O) groups is 1. The number of carbonyl (C=O) groups excluding carboxylic acids is 1. The van der Waals surface area contributed by atoms with Gasteiger partial charge in [-0.25, -0.2) is 8.42 Å². The predicted octanol–water partition coefficient (Wildman–Crippen LogP) is 1.11. The number of hydrogen-bond donors (Lipinski definition) is 0. The summed E-state index contributed by atoms with van der Waals surface area (Å²) in [4.78, 5) is 15.6. The van der Waals surface area contributed by atoms with E-state index >= 15 is 0 Å². The van der Waals surface area contributed by atoms with Crippen molar-refractivity contribution in [3.8, 4) is 0 Å². The molecule has 6 nitrogen and oxygen atoms in total. The van der Waals surface area contributed by atoms with E-state index in [1.807, 2.05) is 20.2 Å². The van der Waals surface area contributed by atoms with Crippen molar-refractivity contribution < 1.29 is 13.2 Å². The van der Waals surface area contributed by atoms with Gasteiger partial charge in [-0.15, -0.1) is 0 Å². The van der Waals surface area contributed by atoms with Gasteiger partial charge in [0.15, 0.2) is 0 Å². The molecule has 1 aromatic carbocycles. The summed E-state index contributed by atoms with van der Waals surface area (Å²) in [6, 6.07) is 8.64. The van der Waals surface area contributed by atoms with E-state index < -0.39 is 10.0 Å². The molecule has 1 aliphatic heterocycles. The Bertz CT molecular complexity index is 661. The van der Waals surface area contributed by atoms with Crippen LogP contribution in [0.15, 0.2) is 35.2 Å². The molecule has 1 fully saturated rings. The molecule has 0 aromatic heterocycles. The van der Waals surface area contributed by atoms with Gasteiger partial charge < -0.3 is 9.80 Å². The fourth-order valence-electron chi connectivity index (χ4n) is 3.19. The lowest BCUT2D eigenvalue weighted by Gasteiger charge is -2.42. The van der Waals surface area contributed by atoms with E-state index in [1.54, 1.807) is 47.4 Å². The van der Waals surface area contributed by atoms with Gasteiger partial charge in [-0.3, -0.25) is 4.79 Å². The normalized spacial score (nSPS) is 22.5. The van der Waals surface area contributed by atoms with Crippen LogP contribution in [0.4, 0.5) is 0 Å². The van der Waals surface area contributed by atoms with Gasteiger partial charge in [-0.2, -0.15) is 4.31 Å². The van der Waals surface area contributed by atoms with E-state index in [2.05, 4.69) is 4.90 Å². The number of piperidine rings is 1. The number of likely N-dealkylation sites (N-methyl/N-ethyl adjacent to an activating group) is 1. The number of amides is 1. The van der Waals surface area contributed by atoms with Crippen LogP contribution in [-0.4, -0.2) is 75.2 Å². The van der Waals surface area contributed by atoms with Crippen LogP contribution in [0, 0.1) is 5.92 Å². The average molecular weight is 353 g/mol. The SMILES string of the molecule is CC(=O)N(C)C[C@H]1CCN(S(=O)(=O)c2ccccc2)C[C@H]1N(C)C. The topological polar surface area (TPSA) is 60.9 Å². The first-order valence-corrected chi connectivity index (χ1v) is 9.61. The zero-order chi connectivity index (χ0) is 17.9. The van der Waals surface area contributed by atoms with Crippen LogP contribution < -0.4 is 0 Å². The summed E-state index contributed by atoms with van der Waals surface area (Å²) in [7, 11) is 2.25. The third kappa shape index (κ3) is 4.15. The standard InChI is InChI=1S/C17H27N3O3S/c1-14(21)19(4)12-15-10-11-20(13-17(15)18(2)3)24(22,23)16-8-6-5-7-9-16/h5-9,15,17H,10-13H2,1-4H3/t15-,17-/m1/s1. The summed E-state index contributed by atoms with van der Waals surface area (Å²) in [6.07, 6.45) is 0.743. The van der Waals surface area contributed by atoms with Gasteiger partial charge >= 0.3 is 0 Å². The molecule has 2 atom stereocenters. The van der Waals surface area contributed by atoms with Gasteiger partial charge in [0, 0.05) is 39.6 Å². The van der Waals surface area contributed by atoms with Crippen molar-refractivity contribution in [1.29, 1.82) is 0 Å². The molecule has 1 heterocycles. The molecule has 134 valence electrons. The molecule has 0 spiro atoms. The van der Waals surface area contributed by atoms with Gasteiger partial charge in [-0.1, -0.05) is 18.2 Å². The van der Waals surface area contributed by atoms with Gasteiger partial charge in [0.25, 0.3) is 0 Å². The lowest BCUT2D eigenvalue weighted by molar-refractivity contribution is -0.128. The minimum absolute atomic E-state index is 0.0341. The average Bonchev–Trinajstić information content (AvgIpc) is 2.55. The number of benzene rings is 1. The Labute approximate surface area is 145 Å². The van der Waals surface area contributed by atoms with Crippen molar-refractivity contribution >= 4 is 15.9 Å². The van der Waals surface area contributed by atoms with E-state index in [4.69, 9.17) is 0 Å². The van der Waals surface area contributed by atoms with Crippen molar-refractivity contribution in [2.75, 3.05) is 40.8 Å². The van der Waals surface area contributed by atoms with Crippen LogP contribution in [-0.2, 0) is 14.8 Å². The molecule has 24 heavy (non-hydrogen) atoms. The number of sulfonamides is 1. The summed E-state index contributed by atoms with van der Waals surface area (Å²) < 4.78 is 27.2. The highest BCUT2D eigenvalue weighted by Crippen LogP contribution is 2.26. The molecule has 7 heteroatoms. The third-order valence-corrected chi connectivity index (χ3v) is 6.65. The molecule has 1 amide bonds. The summed E-state index contributed by atoms with van der Waals surface area (Å²) in [5, 5.41) is 0. The minimum atomic E-state index is -3.47. The van der Waals surface area contributed by atoms with E-state index in [1.165, 1.54) is 0 Å². The largest absolute Gasteiger partial charge is 0.346 e. The maximum absolute atomic E-state index is 12.8. The molecular formula is C17H27N3O3S. The molecule has 0 N–H and O–H groups in total. The van der Waals surface area contributed by atoms with Crippen LogP contribution in [0.25, 0.3) is 0 Å². The second-order valence-electron chi connectivity index (χ2n) is 6.66. The number of rotatable bonds is 5. The number of hydrogen-bond acceptors (Lipinski definition) is 4. The van der Waals surface area contributed by atoms with Gasteiger partial charge in [-0.05, 0) is 38.6 Å². The zero-order valence-electron chi connectivity index (χ0n) is 14.8. The first-order valence-electron chi connectivity index (χ1n) is 8.17. The second kappa shape index (κ2) is 7.63. The van der Waals surface area contributed by atoms with Crippen LogP contribution in [0.1, 0.15) is 13.3 Å². The van der Waals surface area contributed by atoms with Crippen molar-refractivity contribution in [3.05, 3.63) is 30.3 Å². The summed E-state index contributed by atoms with van der Waals surface area (Å²) in [5.74, 6) is 0.294. The van der Waals surface area contributed by atoms with Crippen LogP contribution in [0.2, 0.25) is 0 Å². The molecule has 0 aliphatic carbocycles. The molecule has 0 bridgehead atoms. The number of nitrogens with zero attached hydrogens (tertiary/aromatic N) is 3. The molecule has 1 saturated heterocycles. The van der Waals surface area contributed by atoms with Crippen molar-refractivity contribution in [2.45, 2.75) is 24.3 Å². The van der Waals surface area contributed by atoms with E-state index in [0.29, 0.717) is 24.5 Å². The van der Waals surface area contributed by atoms with E-state index in [9.17, 15) is 13.2 Å². The Kier molecular flexibility index (Phi) is 6.01. The van der Waals surface area contributed by atoms with Gasteiger partial charge in [0.05, 0.1) is 4.90 Å². The monoisotopic (exact) mass is 353 g/mol. The van der Waals surface area contributed by atoms with Gasteiger partial charge in [0.1, 0.15) is 0 Å². The van der Waals surface area contributed by atoms with Crippen molar-refractivity contribution in [2.24, 2.45) is 5.92 Å². The fourth-order valence-corrected chi connectivity index (χ4v) is 4.68. The quantitative estimate of drug-likeness (QED) is 0.795. The summed E-state index contributed by atoms with van der Waals surface area (Å²) in [6.45, 7) is 3.13. The fraction of sp³-hybridized carbons (Fsp3) is 0.588.